The Kier molecular flexibility index (Phi) is 2.22. The van der Waals surface area contributed by atoms with Gasteiger partial charge < -0.3 is 4.42 Å². The summed E-state index contributed by atoms with van der Waals surface area (Å²) in [5.74, 6) is 1.24. The molecule has 2 heterocycles. The van der Waals surface area contributed by atoms with E-state index in [2.05, 4.69) is 11.9 Å². The molecule has 2 aromatic carbocycles. The first-order chi connectivity index (χ1) is 10.7. The van der Waals surface area contributed by atoms with E-state index in [1.807, 2.05) is 42.5 Å². The van der Waals surface area contributed by atoms with Crippen molar-refractivity contribution in [2.75, 3.05) is 0 Å². The fourth-order valence-corrected chi connectivity index (χ4v) is 3.16. The zero-order chi connectivity index (χ0) is 14.7. The van der Waals surface area contributed by atoms with E-state index in [1.165, 1.54) is 12.8 Å². The van der Waals surface area contributed by atoms with Crippen LogP contribution in [0.1, 0.15) is 19.8 Å². The second-order valence-electron chi connectivity index (χ2n) is 6.28. The second kappa shape index (κ2) is 4.03. The molecule has 3 aromatic rings. The lowest BCUT2D eigenvalue weighted by molar-refractivity contribution is 0.429. The van der Waals surface area contributed by atoms with Gasteiger partial charge in [0.15, 0.2) is 11.2 Å². The van der Waals surface area contributed by atoms with E-state index in [4.69, 9.17) is 14.4 Å². The van der Waals surface area contributed by atoms with Crippen molar-refractivity contribution < 1.29 is 4.42 Å². The molecule has 0 bridgehead atoms. The second-order valence-corrected chi connectivity index (χ2v) is 6.28. The van der Waals surface area contributed by atoms with Crippen LogP contribution < -0.4 is 10.7 Å². The number of rotatable bonds is 2. The van der Waals surface area contributed by atoms with Gasteiger partial charge in [-0.15, -0.1) is 0 Å². The van der Waals surface area contributed by atoms with Crippen LogP contribution in [0, 0.1) is 5.92 Å². The number of benzene rings is 2. The lowest BCUT2D eigenvalue weighted by Gasteiger charge is -2.15. The molecule has 1 aliphatic heterocycles. The van der Waals surface area contributed by atoms with Crippen LogP contribution in [0.15, 0.2) is 56.9 Å². The molecule has 0 amide bonds. The van der Waals surface area contributed by atoms with E-state index in [1.54, 1.807) is 0 Å². The van der Waals surface area contributed by atoms with Crippen LogP contribution in [0.3, 0.4) is 0 Å². The molecule has 1 unspecified atom stereocenters. The maximum Gasteiger partial charge on any atom is 0.227 e. The summed E-state index contributed by atoms with van der Waals surface area (Å²) < 4.78 is 5.84. The standard InChI is InChI=1S/C18H15N3O/c1-18(12-7-8-12)20-13-9-6-11(10-15(13)21-18)17-19-14-4-2-3-5-16(14)22-17/h2-6,9-10,12H,7-8H2,1H3. The number of hydrogen-bond acceptors (Lipinski definition) is 4. The van der Waals surface area contributed by atoms with Crippen LogP contribution in [-0.4, -0.2) is 10.6 Å². The Bertz CT molecular complexity index is 983. The normalized spacial score (nSPS) is 23.1. The van der Waals surface area contributed by atoms with Crippen molar-refractivity contribution in [1.82, 2.24) is 4.98 Å². The minimum atomic E-state index is -0.262. The quantitative estimate of drug-likeness (QED) is 0.728. The summed E-state index contributed by atoms with van der Waals surface area (Å²) in [4.78, 5) is 14.2. The fourth-order valence-electron chi connectivity index (χ4n) is 3.16. The van der Waals surface area contributed by atoms with Gasteiger partial charge in [0.2, 0.25) is 5.89 Å². The molecule has 0 radical (unpaired) electrons. The largest absolute Gasteiger partial charge is 0.436 e. The smallest absolute Gasteiger partial charge is 0.227 e. The number of oxazole rings is 1. The van der Waals surface area contributed by atoms with Crippen LogP contribution >= 0.6 is 0 Å². The molecule has 1 fully saturated rings. The van der Waals surface area contributed by atoms with Gasteiger partial charge in [0.1, 0.15) is 5.52 Å². The lowest BCUT2D eigenvalue weighted by Crippen LogP contribution is -2.20. The molecular formula is C18H15N3O. The van der Waals surface area contributed by atoms with Crippen LogP contribution in [0.25, 0.3) is 22.6 Å². The predicted molar refractivity (Wildman–Crippen MR) is 82.9 cm³/mol. The van der Waals surface area contributed by atoms with Crippen molar-refractivity contribution in [1.29, 1.82) is 0 Å². The highest BCUT2D eigenvalue weighted by atomic mass is 16.3. The number of nitrogens with zero attached hydrogens (tertiary/aromatic N) is 3. The Hall–Kier alpha value is -2.49. The topological polar surface area (TPSA) is 50.8 Å². The van der Waals surface area contributed by atoms with Crippen molar-refractivity contribution in [3.8, 4) is 11.5 Å². The monoisotopic (exact) mass is 289 g/mol. The fraction of sp³-hybridized carbons (Fsp3) is 0.278. The van der Waals surface area contributed by atoms with Gasteiger partial charge in [-0.25, -0.2) is 4.98 Å². The van der Waals surface area contributed by atoms with Gasteiger partial charge in [-0.1, -0.05) is 12.1 Å². The van der Waals surface area contributed by atoms with E-state index in [0.717, 1.165) is 27.4 Å². The average Bonchev–Trinajstić information content (AvgIpc) is 3.20. The van der Waals surface area contributed by atoms with Crippen LogP contribution in [0.4, 0.5) is 0 Å². The first-order valence-corrected chi connectivity index (χ1v) is 7.67. The van der Waals surface area contributed by atoms with Crippen LogP contribution in [0.5, 0.6) is 0 Å². The molecule has 0 saturated heterocycles. The Morgan fingerprint density at radius 1 is 1.05 bits per heavy atom. The summed E-state index contributed by atoms with van der Waals surface area (Å²) in [6.45, 7) is 2.13. The Balaban J connectivity index is 1.65. The molecule has 4 heteroatoms. The zero-order valence-corrected chi connectivity index (χ0v) is 12.3. The molecule has 22 heavy (non-hydrogen) atoms. The molecule has 1 atom stereocenters. The molecular weight excluding hydrogens is 274 g/mol. The Morgan fingerprint density at radius 3 is 2.68 bits per heavy atom. The highest BCUT2D eigenvalue weighted by Crippen LogP contribution is 2.42. The summed E-state index contributed by atoms with van der Waals surface area (Å²) in [6.07, 6.45) is 2.46. The van der Waals surface area contributed by atoms with Crippen molar-refractivity contribution in [2.24, 2.45) is 15.9 Å². The SMILES string of the molecule is CC1(C2CC2)N=c2ccc(-c3nc4ccccc4o3)cc2=N1. The third-order valence-electron chi connectivity index (χ3n) is 4.56. The van der Waals surface area contributed by atoms with Crippen LogP contribution in [0.2, 0.25) is 0 Å². The zero-order valence-electron chi connectivity index (χ0n) is 12.3. The summed E-state index contributed by atoms with van der Waals surface area (Å²) in [5, 5.41) is 1.93. The van der Waals surface area contributed by atoms with E-state index in [-0.39, 0.29) is 5.66 Å². The first-order valence-electron chi connectivity index (χ1n) is 7.67. The number of para-hydroxylation sites is 2. The average molecular weight is 289 g/mol. The maximum atomic E-state index is 5.84. The summed E-state index contributed by atoms with van der Waals surface area (Å²) in [7, 11) is 0. The van der Waals surface area contributed by atoms with Crippen molar-refractivity contribution in [3.63, 3.8) is 0 Å². The molecule has 1 aromatic heterocycles. The Labute approximate surface area is 127 Å². The Morgan fingerprint density at radius 2 is 1.86 bits per heavy atom. The third kappa shape index (κ3) is 1.73. The molecule has 4 nitrogen and oxygen atoms in total. The van der Waals surface area contributed by atoms with Gasteiger partial charge in [0.05, 0.1) is 10.7 Å². The third-order valence-corrected chi connectivity index (χ3v) is 4.56. The predicted octanol–water partition coefficient (Wildman–Crippen LogP) is 2.87. The molecule has 108 valence electrons. The van der Waals surface area contributed by atoms with E-state index < -0.39 is 0 Å². The minimum Gasteiger partial charge on any atom is -0.436 e. The lowest BCUT2D eigenvalue weighted by atomic mass is 10.1. The van der Waals surface area contributed by atoms with Gasteiger partial charge in [0, 0.05) is 11.5 Å². The number of fused-ring (bicyclic) bond motifs is 2. The van der Waals surface area contributed by atoms with Crippen LogP contribution in [-0.2, 0) is 0 Å². The number of aromatic nitrogens is 1. The van der Waals surface area contributed by atoms with E-state index in [0.29, 0.717) is 11.8 Å². The van der Waals surface area contributed by atoms with E-state index in [9.17, 15) is 0 Å². The van der Waals surface area contributed by atoms with Gasteiger partial charge >= 0.3 is 0 Å². The number of hydrogen-bond donors (Lipinski definition) is 0. The van der Waals surface area contributed by atoms with Gasteiger partial charge in [-0.3, -0.25) is 9.98 Å². The molecule has 1 aliphatic carbocycles. The molecule has 5 rings (SSSR count). The van der Waals surface area contributed by atoms with Gasteiger partial charge in [-0.05, 0) is 50.1 Å². The molecule has 0 spiro atoms. The van der Waals surface area contributed by atoms with Crippen molar-refractivity contribution >= 4 is 11.1 Å². The molecule has 0 N–H and O–H groups in total. The highest BCUT2D eigenvalue weighted by Gasteiger charge is 2.42. The van der Waals surface area contributed by atoms with Crippen molar-refractivity contribution in [3.05, 3.63) is 53.2 Å². The summed E-state index contributed by atoms with van der Waals surface area (Å²) in [5.41, 5.74) is 2.38. The minimum absolute atomic E-state index is 0.262. The molecule has 1 saturated carbocycles. The van der Waals surface area contributed by atoms with Gasteiger partial charge in [0.25, 0.3) is 0 Å². The van der Waals surface area contributed by atoms with Crippen molar-refractivity contribution in [2.45, 2.75) is 25.4 Å². The first kappa shape index (κ1) is 12.1. The summed E-state index contributed by atoms with van der Waals surface area (Å²) in [6, 6.07) is 13.9. The van der Waals surface area contributed by atoms with Gasteiger partial charge in [-0.2, -0.15) is 0 Å². The summed E-state index contributed by atoms with van der Waals surface area (Å²) >= 11 is 0. The maximum absolute atomic E-state index is 5.84. The van der Waals surface area contributed by atoms with E-state index >= 15 is 0 Å². The highest BCUT2D eigenvalue weighted by molar-refractivity contribution is 5.75. The molecule has 2 aliphatic rings.